The zero-order chi connectivity index (χ0) is 19.9. The van der Waals surface area contributed by atoms with Gasteiger partial charge in [0, 0.05) is 34.3 Å². The number of ketones is 1. The van der Waals surface area contributed by atoms with Crippen LogP contribution in [-0.4, -0.2) is 18.9 Å². The van der Waals surface area contributed by atoms with Crippen LogP contribution in [0.2, 0.25) is 5.02 Å². The Balaban J connectivity index is 2.21. The maximum absolute atomic E-state index is 13.0. The number of nitrogens with one attached hydrogen (secondary N) is 1. The van der Waals surface area contributed by atoms with Crippen LogP contribution in [0, 0.1) is 0 Å². The lowest BCUT2D eigenvalue weighted by molar-refractivity contribution is -0.138. The van der Waals surface area contributed by atoms with E-state index in [1.165, 1.54) is 13.2 Å². The molecule has 8 heteroatoms. The van der Waals surface area contributed by atoms with Gasteiger partial charge in [-0.2, -0.15) is 13.2 Å². The van der Waals surface area contributed by atoms with Gasteiger partial charge in [0.2, 0.25) is 0 Å². The lowest BCUT2D eigenvalue weighted by Gasteiger charge is -2.34. The van der Waals surface area contributed by atoms with Gasteiger partial charge in [0.25, 0.3) is 0 Å². The Hall–Kier alpha value is -2.28. The van der Waals surface area contributed by atoms with Crippen LogP contribution in [-0.2, 0) is 20.5 Å². The van der Waals surface area contributed by atoms with Crippen LogP contribution in [0.4, 0.5) is 13.2 Å². The first-order chi connectivity index (χ1) is 12.6. The number of halogens is 4. The Labute approximate surface area is 159 Å². The number of alkyl halides is 3. The highest BCUT2D eigenvalue weighted by molar-refractivity contribution is 6.31. The van der Waals surface area contributed by atoms with Gasteiger partial charge in [-0.3, -0.25) is 4.79 Å². The lowest BCUT2D eigenvalue weighted by atomic mass is 9.75. The van der Waals surface area contributed by atoms with Crippen LogP contribution in [0.5, 0.6) is 0 Å². The molecule has 2 aliphatic rings. The second-order valence-electron chi connectivity index (χ2n) is 6.49. The smallest absolute Gasteiger partial charge is 0.416 e. The summed E-state index contributed by atoms with van der Waals surface area (Å²) in [4.78, 5) is 25.0. The highest BCUT2D eigenvalue weighted by Gasteiger charge is 2.40. The SMILES string of the molecule is COC(=O)C1=C(C)NC2=C(C(=O)CCC2)[C@H]1c1ccc(C(F)(F)F)cc1Cl. The van der Waals surface area contributed by atoms with E-state index in [0.29, 0.717) is 36.2 Å². The molecule has 27 heavy (non-hydrogen) atoms. The molecule has 0 saturated carbocycles. The topological polar surface area (TPSA) is 55.4 Å². The minimum Gasteiger partial charge on any atom is -0.466 e. The van der Waals surface area contributed by atoms with E-state index >= 15 is 0 Å². The van der Waals surface area contributed by atoms with E-state index in [1.807, 2.05) is 0 Å². The van der Waals surface area contributed by atoms with Crippen LogP contribution in [0.25, 0.3) is 0 Å². The molecule has 0 aromatic heterocycles. The van der Waals surface area contributed by atoms with Crippen molar-refractivity contribution in [3.05, 3.63) is 56.9 Å². The highest BCUT2D eigenvalue weighted by atomic mass is 35.5. The molecule has 0 spiro atoms. The summed E-state index contributed by atoms with van der Waals surface area (Å²) in [6.45, 7) is 1.67. The molecule has 0 fully saturated rings. The fourth-order valence-corrected chi connectivity index (χ4v) is 3.90. The molecule has 1 aliphatic heterocycles. The Morgan fingerprint density at radius 2 is 2.00 bits per heavy atom. The second-order valence-corrected chi connectivity index (χ2v) is 6.90. The average molecular weight is 400 g/mol. The van der Waals surface area contributed by atoms with Crippen molar-refractivity contribution in [1.82, 2.24) is 5.32 Å². The zero-order valence-electron chi connectivity index (χ0n) is 14.7. The van der Waals surface area contributed by atoms with E-state index in [-0.39, 0.29) is 21.9 Å². The number of carbonyl (C=O) groups is 2. The van der Waals surface area contributed by atoms with Gasteiger partial charge < -0.3 is 10.1 Å². The maximum Gasteiger partial charge on any atom is 0.416 e. The summed E-state index contributed by atoms with van der Waals surface area (Å²) >= 11 is 6.18. The number of Topliss-reactive ketones (excluding diaryl/α,β-unsaturated/α-hetero) is 1. The minimum absolute atomic E-state index is 0.154. The summed E-state index contributed by atoms with van der Waals surface area (Å²) < 4.78 is 43.8. The molecule has 1 aliphatic carbocycles. The van der Waals surface area contributed by atoms with Crippen molar-refractivity contribution in [2.24, 2.45) is 0 Å². The molecule has 1 aromatic rings. The summed E-state index contributed by atoms with van der Waals surface area (Å²) in [5.74, 6) is -1.68. The number of hydrogen-bond acceptors (Lipinski definition) is 4. The summed E-state index contributed by atoms with van der Waals surface area (Å²) in [7, 11) is 1.21. The van der Waals surface area contributed by atoms with Crippen molar-refractivity contribution in [3.63, 3.8) is 0 Å². The fourth-order valence-electron chi connectivity index (χ4n) is 3.61. The number of hydrogen-bond donors (Lipinski definition) is 1. The monoisotopic (exact) mass is 399 g/mol. The molecule has 1 N–H and O–H groups in total. The molecule has 0 unspecified atom stereocenters. The first kappa shape index (κ1) is 19.5. The Morgan fingerprint density at radius 1 is 1.30 bits per heavy atom. The van der Waals surface area contributed by atoms with Gasteiger partial charge in [-0.25, -0.2) is 4.79 Å². The van der Waals surface area contributed by atoms with E-state index in [2.05, 4.69) is 5.32 Å². The number of benzene rings is 1. The summed E-state index contributed by atoms with van der Waals surface area (Å²) in [6.07, 6.45) is -2.96. The number of dihydropyridines is 1. The van der Waals surface area contributed by atoms with E-state index in [1.54, 1.807) is 6.92 Å². The van der Waals surface area contributed by atoms with E-state index < -0.39 is 23.6 Å². The standard InChI is InChI=1S/C19H17ClF3NO3/c1-9-15(18(26)27-2)16(17-13(24-9)4-3-5-14(17)25)11-7-6-10(8-12(11)20)19(21,22)23/h6-8,16,24H,3-5H2,1-2H3/t16-/m0/s1. The van der Waals surface area contributed by atoms with Crippen molar-refractivity contribution >= 4 is 23.4 Å². The molecule has 0 amide bonds. The number of esters is 1. The molecule has 1 heterocycles. The van der Waals surface area contributed by atoms with Crippen LogP contribution in [0.15, 0.2) is 40.7 Å². The maximum atomic E-state index is 13.0. The molecule has 3 rings (SSSR count). The van der Waals surface area contributed by atoms with Crippen LogP contribution in [0.1, 0.15) is 43.2 Å². The quantitative estimate of drug-likeness (QED) is 0.744. The largest absolute Gasteiger partial charge is 0.466 e. The molecule has 0 radical (unpaired) electrons. The molecule has 1 aromatic carbocycles. The summed E-state index contributed by atoms with van der Waals surface area (Å²) in [5.41, 5.74) is 1.10. The summed E-state index contributed by atoms with van der Waals surface area (Å²) in [5, 5.41) is 2.93. The number of rotatable bonds is 2. The average Bonchev–Trinajstić information content (AvgIpc) is 2.59. The van der Waals surface area contributed by atoms with Crippen molar-refractivity contribution in [1.29, 1.82) is 0 Å². The number of ether oxygens (including phenoxy) is 1. The minimum atomic E-state index is -4.54. The van der Waals surface area contributed by atoms with Gasteiger partial charge in [-0.05, 0) is 37.5 Å². The van der Waals surface area contributed by atoms with E-state index in [4.69, 9.17) is 16.3 Å². The normalized spacial score (nSPS) is 20.4. The predicted molar refractivity (Wildman–Crippen MR) is 92.9 cm³/mol. The Kier molecular flexibility index (Phi) is 5.08. The summed E-state index contributed by atoms with van der Waals surface area (Å²) in [6, 6.07) is 2.95. The molecule has 1 atom stereocenters. The van der Waals surface area contributed by atoms with Gasteiger partial charge in [-0.1, -0.05) is 17.7 Å². The van der Waals surface area contributed by atoms with Crippen LogP contribution >= 0.6 is 11.6 Å². The molecule has 144 valence electrons. The Morgan fingerprint density at radius 3 is 2.59 bits per heavy atom. The zero-order valence-corrected chi connectivity index (χ0v) is 15.4. The molecular weight excluding hydrogens is 383 g/mol. The predicted octanol–water partition coefficient (Wildman–Crippen LogP) is 4.50. The van der Waals surface area contributed by atoms with Gasteiger partial charge in [-0.15, -0.1) is 0 Å². The third kappa shape index (κ3) is 3.48. The fraction of sp³-hybridized carbons (Fsp3) is 0.368. The van der Waals surface area contributed by atoms with Gasteiger partial charge in [0.1, 0.15) is 0 Å². The third-order valence-corrected chi connectivity index (χ3v) is 5.15. The van der Waals surface area contributed by atoms with Crippen molar-refractivity contribution in [2.45, 2.75) is 38.3 Å². The lowest BCUT2D eigenvalue weighted by Crippen LogP contribution is -2.34. The van der Waals surface area contributed by atoms with Gasteiger partial charge in [0.05, 0.1) is 18.2 Å². The number of carbonyl (C=O) groups excluding carboxylic acids is 2. The highest BCUT2D eigenvalue weighted by Crippen LogP contribution is 2.45. The van der Waals surface area contributed by atoms with Crippen LogP contribution in [0.3, 0.4) is 0 Å². The second kappa shape index (κ2) is 7.03. The molecule has 0 bridgehead atoms. The number of methoxy groups -OCH3 is 1. The van der Waals surface area contributed by atoms with E-state index in [0.717, 1.165) is 12.1 Å². The van der Waals surface area contributed by atoms with Crippen LogP contribution < -0.4 is 5.32 Å². The molecule has 4 nitrogen and oxygen atoms in total. The number of allylic oxidation sites excluding steroid dienone is 3. The Bertz CT molecular complexity index is 887. The molecule has 0 saturated heterocycles. The van der Waals surface area contributed by atoms with Crippen molar-refractivity contribution in [3.8, 4) is 0 Å². The van der Waals surface area contributed by atoms with Crippen molar-refractivity contribution < 1.29 is 27.5 Å². The molecular formula is C19H17ClF3NO3. The van der Waals surface area contributed by atoms with Crippen molar-refractivity contribution in [2.75, 3.05) is 7.11 Å². The van der Waals surface area contributed by atoms with Gasteiger partial charge >= 0.3 is 12.1 Å². The first-order valence-corrected chi connectivity index (χ1v) is 8.72. The van der Waals surface area contributed by atoms with Gasteiger partial charge in [0.15, 0.2) is 5.78 Å². The first-order valence-electron chi connectivity index (χ1n) is 8.34. The van der Waals surface area contributed by atoms with E-state index in [9.17, 15) is 22.8 Å². The third-order valence-electron chi connectivity index (χ3n) is 4.82.